The van der Waals surface area contributed by atoms with Crippen LogP contribution in [0.15, 0.2) is 11.0 Å². The average Bonchev–Trinajstić information content (AvgIpc) is 2.73. The van der Waals surface area contributed by atoms with Gasteiger partial charge in [0.25, 0.3) is 0 Å². The summed E-state index contributed by atoms with van der Waals surface area (Å²) >= 11 is 0. The summed E-state index contributed by atoms with van der Waals surface area (Å²) in [5.41, 5.74) is 2.90. The highest BCUT2D eigenvalue weighted by atomic mass is 16.5. The number of hydrogen-bond acceptors (Lipinski definition) is 4. The lowest BCUT2D eigenvalue weighted by Gasteiger charge is -2.11. The molecule has 1 aliphatic heterocycles. The van der Waals surface area contributed by atoms with Crippen molar-refractivity contribution in [3.05, 3.63) is 22.8 Å². The molecule has 0 aliphatic carbocycles. The third kappa shape index (κ3) is 1.31. The monoisotopic (exact) mass is 212 g/mol. The van der Waals surface area contributed by atoms with Gasteiger partial charge < -0.3 is 9.64 Å². The van der Waals surface area contributed by atoms with Crippen LogP contribution >= 0.6 is 0 Å². The molecule has 1 aliphatic rings. The van der Waals surface area contributed by atoms with Crippen LogP contribution in [-0.2, 0) is 0 Å². The van der Waals surface area contributed by atoms with Crippen molar-refractivity contribution in [1.82, 2.24) is 0 Å². The van der Waals surface area contributed by atoms with Crippen LogP contribution in [0, 0.1) is 18.2 Å². The van der Waals surface area contributed by atoms with Crippen molar-refractivity contribution in [3.63, 3.8) is 0 Å². The zero-order valence-corrected chi connectivity index (χ0v) is 9.02. The Bertz CT molecular complexity index is 532. The van der Waals surface area contributed by atoms with Crippen LogP contribution in [0.25, 0.3) is 0 Å². The lowest BCUT2D eigenvalue weighted by atomic mass is 9.57. The SMILES string of the molecule is COc1cc(C)c2c(c1C=O)C=NB2C#N. The van der Waals surface area contributed by atoms with Crippen molar-refractivity contribution in [2.24, 2.45) is 4.90 Å². The van der Waals surface area contributed by atoms with Gasteiger partial charge in [-0.25, -0.2) is 5.26 Å². The third-order valence-corrected chi connectivity index (χ3v) is 2.70. The maximum Gasteiger partial charge on any atom is 0.430 e. The summed E-state index contributed by atoms with van der Waals surface area (Å²) in [6.07, 6.45) is 2.31. The van der Waals surface area contributed by atoms with Crippen LogP contribution in [0.3, 0.4) is 0 Å². The van der Waals surface area contributed by atoms with E-state index < -0.39 is 6.85 Å². The van der Waals surface area contributed by atoms with E-state index in [-0.39, 0.29) is 0 Å². The average molecular weight is 212 g/mol. The third-order valence-electron chi connectivity index (χ3n) is 2.70. The van der Waals surface area contributed by atoms with E-state index in [2.05, 4.69) is 10.9 Å². The molecule has 0 aromatic heterocycles. The molecule has 0 saturated heterocycles. The van der Waals surface area contributed by atoms with Crippen molar-refractivity contribution in [1.29, 1.82) is 5.26 Å². The van der Waals surface area contributed by atoms with E-state index in [1.807, 2.05) is 6.92 Å². The minimum absolute atomic E-state index is 0.463. The minimum atomic E-state index is -0.500. The molecule has 0 bridgehead atoms. The predicted octanol–water partition coefficient (Wildman–Crippen LogP) is 0.510. The number of methoxy groups -OCH3 is 1. The van der Waals surface area contributed by atoms with Gasteiger partial charge in [-0.15, -0.1) is 0 Å². The molecule has 0 amide bonds. The maximum atomic E-state index is 11.0. The lowest BCUT2D eigenvalue weighted by Crippen LogP contribution is -2.29. The molecule has 4 nitrogen and oxygen atoms in total. The Hall–Kier alpha value is -2.09. The van der Waals surface area contributed by atoms with E-state index in [1.54, 1.807) is 12.3 Å². The smallest absolute Gasteiger partial charge is 0.430 e. The lowest BCUT2D eigenvalue weighted by molar-refractivity contribution is 0.112. The summed E-state index contributed by atoms with van der Waals surface area (Å²) in [6, 6.07) is 1.77. The predicted molar refractivity (Wildman–Crippen MR) is 61.7 cm³/mol. The van der Waals surface area contributed by atoms with Gasteiger partial charge in [0.05, 0.1) is 12.7 Å². The Morgan fingerprint density at radius 1 is 1.62 bits per heavy atom. The molecule has 1 aromatic rings. The van der Waals surface area contributed by atoms with Gasteiger partial charge in [0.2, 0.25) is 0 Å². The van der Waals surface area contributed by atoms with Crippen LogP contribution in [0.4, 0.5) is 0 Å². The Labute approximate surface area is 93.7 Å². The number of rotatable bonds is 2. The zero-order chi connectivity index (χ0) is 11.7. The molecule has 1 heterocycles. The quantitative estimate of drug-likeness (QED) is 0.529. The van der Waals surface area contributed by atoms with Crippen LogP contribution in [0.2, 0.25) is 0 Å². The first-order chi connectivity index (χ1) is 7.72. The first-order valence-electron chi connectivity index (χ1n) is 4.82. The van der Waals surface area contributed by atoms with Gasteiger partial charge in [-0.1, -0.05) is 0 Å². The van der Waals surface area contributed by atoms with Crippen molar-refractivity contribution in [2.75, 3.05) is 7.11 Å². The highest BCUT2D eigenvalue weighted by Crippen LogP contribution is 2.23. The fraction of sp³-hybridized carbons (Fsp3) is 0.182. The summed E-state index contributed by atoms with van der Waals surface area (Å²) in [5.74, 6) is 2.62. The molecule has 2 rings (SSSR count). The molecule has 0 saturated carbocycles. The summed E-state index contributed by atoms with van der Waals surface area (Å²) in [4.78, 5) is 15.1. The van der Waals surface area contributed by atoms with E-state index in [1.165, 1.54) is 7.11 Å². The van der Waals surface area contributed by atoms with Crippen LogP contribution in [-0.4, -0.2) is 26.5 Å². The van der Waals surface area contributed by atoms with Crippen LogP contribution in [0.5, 0.6) is 5.75 Å². The zero-order valence-electron chi connectivity index (χ0n) is 9.02. The molecule has 0 fully saturated rings. The van der Waals surface area contributed by atoms with Gasteiger partial charge in [-0.3, -0.25) is 4.79 Å². The van der Waals surface area contributed by atoms with Gasteiger partial charge in [0.1, 0.15) is 5.75 Å². The summed E-state index contributed by atoms with van der Waals surface area (Å²) < 4.78 is 5.14. The number of aldehydes is 1. The molecular formula is C11H9BN2O2. The standard InChI is InChI=1S/C11H9BN2O2/c1-7-3-10(16-2)9(5-15)8-4-14-12(6-13)11(7)8/h3-5H,1-2H3. The molecule has 0 N–H and O–H groups in total. The first kappa shape index (κ1) is 10.4. The molecular weight excluding hydrogens is 203 g/mol. The summed E-state index contributed by atoms with van der Waals surface area (Å²) in [5, 5.41) is 8.94. The second-order valence-electron chi connectivity index (χ2n) is 3.56. The fourth-order valence-electron chi connectivity index (χ4n) is 1.96. The number of benzene rings is 1. The molecule has 0 spiro atoms. The Morgan fingerprint density at radius 2 is 2.38 bits per heavy atom. The fourth-order valence-corrected chi connectivity index (χ4v) is 1.96. The Balaban J connectivity index is 2.74. The number of nitriles is 1. The summed E-state index contributed by atoms with van der Waals surface area (Å²) in [6.45, 7) is 1.38. The molecule has 78 valence electrons. The van der Waals surface area contributed by atoms with E-state index in [0.29, 0.717) is 16.9 Å². The molecule has 0 atom stereocenters. The van der Waals surface area contributed by atoms with E-state index in [4.69, 9.17) is 10.00 Å². The maximum absolute atomic E-state index is 11.0. The number of aryl methyl sites for hydroxylation is 1. The number of fused-ring (bicyclic) bond motifs is 1. The van der Waals surface area contributed by atoms with Crippen molar-refractivity contribution < 1.29 is 9.53 Å². The Morgan fingerprint density at radius 3 is 2.94 bits per heavy atom. The van der Waals surface area contributed by atoms with Gasteiger partial charge in [-0.2, -0.15) is 0 Å². The molecule has 0 radical (unpaired) electrons. The van der Waals surface area contributed by atoms with Crippen molar-refractivity contribution in [3.8, 4) is 11.7 Å². The summed E-state index contributed by atoms with van der Waals surface area (Å²) in [7, 11) is 1.52. The number of carbonyl (C=O) groups is 1. The molecule has 0 unspecified atom stereocenters. The van der Waals surface area contributed by atoms with Crippen LogP contribution < -0.4 is 10.2 Å². The highest BCUT2D eigenvalue weighted by molar-refractivity contribution is 6.82. The minimum Gasteiger partial charge on any atom is -0.496 e. The molecule has 5 heteroatoms. The first-order valence-corrected chi connectivity index (χ1v) is 4.82. The van der Waals surface area contributed by atoms with Gasteiger partial charge in [0, 0.05) is 17.7 Å². The second-order valence-corrected chi connectivity index (χ2v) is 3.56. The second kappa shape index (κ2) is 3.82. The van der Waals surface area contributed by atoms with E-state index in [0.717, 1.165) is 17.3 Å². The van der Waals surface area contributed by atoms with E-state index >= 15 is 0 Å². The van der Waals surface area contributed by atoms with Gasteiger partial charge in [0.15, 0.2) is 6.29 Å². The number of nitrogens with zero attached hydrogens (tertiary/aromatic N) is 2. The van der Waals surface area contributed by atoms with Gasteiger partial charge >= 0.3 is 6.85 Å². The van der Waals surface area contributed by atoms with Crippen molar-refractivity contribution >= 4 is 24.8 Å². The topological polar surface area (TPSA) is 62.4 Å². The van der Waals surface area contributed by atoms with E-state index in [9.17, 15) is 4.79 Å². The molecule has 16 heavy (non-hydrogen) atoms. The highest BCUT2D eigenvalue weighted by Gasteiger charge is 2.29. The largest absolute Gasteiger partial charge is 0.496 e. The van der Waals surface area contributed by atoms with Crippen molar-refractivity contribution in [2.45, 2.75) is 6.92 Å². The van der Waals surface area contributed by atoms with Gasteiger partial charge in [-0.05, 0) is 24.0 Å². The normalized spacial score (nSPS) is 12.2. The van der Waals surface area contributed by atoms with Crippen LogP contribution in [0.1, 0.15) is 21.5 Å². The molecule has 1 aromatic carbocycles. The number of ether oxygens (including phenoxy) is 1. The Kier molecular flexibility index (Phi) is 2.49. The number of carbonyl (C=O) groups excluding carboxylic acids is 1. The number of hydrogen-bond donors (Lipinski definition) is 0.